The Hall–Kier alpha value is -1.78. The second-order valence-electron chi connectivity index (χ2n) is 8.02. The smallest absolute Gasteiger partial charge is 0.252 e. The topological polar surface area (TPSA) is 79.0 Å². The van der Waals surface area contributed by atoms with E-state index in [1.165, 1.54) is 15.6 Å². The number of nitrogens with zero attached hydrogens (tertiary/aromatic N) is 2. The lowest BCUT2D eigenvalue weighted by molar-refractivity contribution is -0.127. The predicted molar refractivity (Wildman–Crippen MR) is 120 cm³/mol. The van der Waals surface area contributed by atoms with Gasteiger partial charge >= 0.3 is 0 Å². The maximum absolute atomic E-state index is 13.2. The zero-order chi connectivity index (χ0) is 21.7. The number of sulfonamides is 1. The van der Waals surface area contributed by atoms with Crippen LogP contribution in [-0.2, 0) is 19.6 Å². The fourth-order valence-corrected chi connectivity index (χ4v) is 6.83. The van der Waals surface area contributed by atoms with Crippen molar-refractivity contribution < 1.29 is 17.9 Å². The molecule has 9 heteroatoms. The Labute approximate surface area is 188 Å². The summed E-state index contributed by atoms with van der Waals surface area (Å²) in [5, 5.41) is 4.98. The minimum absolute atomic E-state index is 0.0757. The minimum Gasteiger partial charge on any atom is -0.379 e. The number of amides is 1. The van der Waals surface area contributed by atoms with Crippen LogP contribution >= 0.6 is 11.3 Å². The third-order valence-corrected chi connectivity index (χ3v) is 9.15. The molecule has 0 bridgehead atoms. The molecule has 2 atom stereocenters. The summed E-state index contributed by atoms with van der Waals surface area (Å²) in [6.45, 7) is 4.49. The summed E-state index contributed by atoms with van der Waals surface area (Å²) < 4.78 is 33.1. The molecule has 0 aliphatic carbocycles. The molecule has 1 aromatic heterocycles. The van der Waals surface area contributed by atoms with Crippen LogP contribution in [-0.4, -0.2) is 69.5 Å². The van der Waals surface area contributed by atoms with Crippen molar-refractivity contribution >= 4 is 27.3 Å². The quantitative estimate of drug-likeness (QED) is 0.682. The molecule has 2 aliphatic heterocycles. The number of hydrogen-bond donors (Lipinski definition) is 1. The van der Waals surface area contributed by atoms with Gasteiger partial charge in [-0.2, -0.15) is 4.31 Å². The largest absolute Gasteiger partial charge is 0.379 e. The molecule has 2 fully saturated rings. The lowest BCUT2D eigenvalue weighted by atomic mass is 9.97. The molecule has 2 aliphatic rings. The van der Waals surface area contributed by atoms with Crippen molar-refractivity contribution in [2.24, 2.45) is 5.92 Å². The summed E-state index contributed by atoms with van der Waals surface area (Å²) >= 11 is 1.21. The number of benzene rings is 1. The third-order valence-electron chi connectivity index (χ3n) is 5.91. The van der Waals surface area contributed by atoms with Gasteiger partial charge in [0.25, 0.3) is 10.0 Å². The van der Waals surface area contributed by atoms with E-state index in [1.54, 1.807) is 17.5 Å². The molecule has 1 aromatic carbocycles. The highest BCUT2D eigenvalue weighted by atomic mass is 32.2. The fraction of sp³-hybridized carbons (Fsp3) is 0.500. The maximum atomic E-state index is 13.2. The van der Waals surface area contributed by atoms with Gasteiger partial charge in [0, 0.05) is 32.7 Å². The monoisotopic (exact) mass is 463 g/mol. The number of hydrogen-bond acceptors (Lipinski definition) is 6. The van der Waals surface area contributed by atoms with E-state index in [4.69, 9.17) is 4.74 Å². The van der Waals surface area contributed by atoms with Gasteiger partial charge in [-0.1, -0.05) is 36.4 Å². The number of carbonyl (C=O) groups is 1. The third kappa shape index (κ3) is 5.53. The van der Waals surface area contributed by atoms with E-state index >= 15 is 0 Å². The van der Waals surface area contributed by atoms with E-state index in [1.807, 2.05) is 30.3 Å². The number of ether oxygens (including phenoxy) is 1. The molecule has 0 radical (unpaired) electrons. The first-order chi connectivity index (χ1) is 15.0. The maximum Gasteiger partial charge on any atom is 0.252 e. The highest BCUT2D eigenvalue weighted by molar-refractivity contribution is 7.91. The van der Waals surface area contributed by atoms with Crippen molar-refractivity contribution in [2.45, 2.75) is 23.1 Å². The Balaban J connectivity index is 1.45. The summed E-state index contributed by atoms with van der Waals surface area (Å²) in [5.41, 5.74) is 1.06. The van der Waals surface area contributed by atoms with Crippen molar-refractivity contribution in [1.82, 2.24) is 14.5 Å². The molecule has 168 valence electrons. The molecule has 31 heavy (non-hydrogen) atoms. The Morgan fingerprint density at radius 1 is 1.13 bits per heavy atom. The van der Waals surface area contributed by atoms with Gasteiger partial charge in [0.15, 0.2) is 0 Å². The van der Waals surface area contributed by atoms with Gasteiger partial charge in [0.05, 0.1) is 25.2 Å². The van der Waals surface area contributed by atoms with Crippen LogP contribution in [0.1, 0.15) is 24.4 Å². The Morgan fingerprint density at radius 3 is 2.61 bits per heavy atom. The van der Waals surface area contributed by atoms with Crippen molar-refractivity contribution in [3.05, 3.63) is 53.4 Å². The molecule has 3 heterocycles. The number of morpholine rings is 1. The highest BCUT2D eigenvalue weighted by Crippen LogP contribution is 2.27. The molecule has 2 aromatic rings. The van der Waals surface area contributed by atoms with E-state index in [0.717, 1.165) is 18.7 Å². The van der Waals surface area contributed by atoms with Gasteiger partial charge in [-0.15, -0.1) is 11.3 Å². The lowest BCUT2D eigenvalue weighted by Gasteiger charge is -2.34. The number of nitrogens with one attached hydrogen (secondary N) is 1. The molecular formula is C22H29N3O4S2. The summed E-state index contributed by atoms with van der Waals surface area (Å²) in [7, 11) is -3.54. The Bertz CT molecular complexity index is 944. The Morgan fingerprint density at radius 2 is 1.90 bits per heavy atom. The molecular weight excluding hydrogens is 434 g/mol. The summed E-state index contributed by atoms with van der Waals surface area (Å²) in [5.74, 6) is -0.424. The van der Waals surface area contributed by atoms with E-state index in [0.29, 0.717) is 43.4 Å². The number of rotatable bonds is 7. The highest BCUT2D eigenvalue weighted by Gasteiger charge is 2.34. The normalized spacial score (nSPS) is 22.1. The fourth-order valence-electron chi connectivity index (χ4n) is 4.16. The number of piperidine rings is 1. The second kappa shape index (κ2) is 10.2. The molecule has 4 rings (SSSR count). The predicted octanol–water partition coefficient (Wildman–Crippen LogP) is 2.34. The van der Waals surface area contributed by atoms with E-state index in [9.17, 15) is 13.2 Å². The van der Waals surface area contributed by atoms with Gasteiger partial charge < -0.3 is 10.1 Å². The summed E-state index contributed by atoms with van der Waals surface area (Å²) in [6, 6.07) is 13.2. The molecule has 1 amide bonds. The van der Waals surface area contributed by atoms with Crippen LogP contribution in [0.3, 0.4) is 0 Å². The lowest BCUT2D eigenvalue weighted by Crippen LogP contribution is -2.48. The molecule has 0 saturated carbocycles. The molecule has 0 spiro atoms. The van der Waals surface area contributed by atoms with Gasteiger partial charge in [-0.05, 0) is 29.9 Å². The van der Waals surface area contributed by atoms with Crippen LogP contribution in [0.25, 0.3) is 0 Å². The molecule has 2 saturated heterocycles. The van der Waals surface area contributed by atoms with E-state index < -0.39 is 10.0 Å². The van der Waals surface area contributed by atoms with Crippen molar-refractivity contribution in [1.29, 1.82) is 0 Å². The molecule has 0 unspecified atom stereocenters. The zero-order valence-corrected chi connectivity index (χ0v) is 19.1. The van der Waals surface area contributed by atoms with E-state index in [2.05, 4.69) is 10.2 Å². The summed E-state index contributed by atoms with van der Waals surface area (Å²) in [6.07, 6.45) is 1.38. The van der Waals surface area contributed by atoms with Crippen molar-refractivity contribution in [2.75, 3.05) is 45.9 Å². The van der Waals surface area contributed by atoms with Crippen molar-refractivity contribution in [3.8, 4) is 0 Å². The Kier molecular flexibility index (Phi) is 7.39. The van der Waals surface area contributed by atoms with Crippen LogP contribution in [0.4, 0.5) is 0 Å². The zero-order valence-electron chi connectivity index (χ0n) is 17.5. The standard InChI is InChI=1S/C22H29N3O4S2/c26-22(19-8-4-10-25(16-19)31(27,28)21-9-5-15-30-21)23-20(18-6-2-1-3-7-18)17-24-11-13-29-14-12-24/h1-3,5-7,9,15,19-20H,4,8,10-14,16-17H2,(H,23,26)/t19-,20+/m1/s1. The van der Waals surface area contributed by atoms with Gasteiger partial charge in [0.1, 0.15) is 4.21 Å². The number of thiophene rings is 1. The van der Waals surface area contributed by atoms with Gasteiger partial charge in [-0.3, -0.25) is 9.69 Å². The number of carbonyl (C=O) groups excluding carboxylic acids is 1. The first-order valence-corrected chi connectivity index (χ1v) is 13.0. The van der Waals surface area contributed by atoms with Crippen LogP contribution in [0.15, 0.2) is 52.1 Å². The van der Waals surface area contributed by atoms with Crippen LogP contribution in [0, 0.1) is 5.92 Å². The second-order valence-corrected chi connectivity index (χ2v) is 11.1. The minimum atomic E-state index is -3.54. The SMILES string of the molecule is O=C(N[C@@H](CN1CCOCC1)c1ccccc1)[C@@H]1CCCN(S(=O)(=O)c2cccs2)C1. The average Bonchev–Trinajstić information content (AvgIpc) is 3.36. The first kappa shape index (κ1) is 22.4. The van der Waals surface area contributed by atoms with Crippen LogP contribution in [0.5, 0.6) is 0 Å². The van der Waals surface area contributed by atoms with Crippen LogP contribution in [0.2, 0.25) is 0 Å². The van der Waals surface area contributed by atoms with Gasteiger partial charge in [0.2, 0.25) is 5.91 Å². The first-order valence-electron chi connectivity index (χ1n) is 10.7. The average molecular weight is 464 g/mol. The molecule has 1 N–H and O–H groups in total. The molecule has 7 nitrogen and oxygen atoms in total. The van der Waals surface area contributed by atoms with E-state index in [-0.39, 0.29) is 24.4 Å². The summed E-state index contributed by atoms with van der Waals surface area (Å²) in [4.78, 5) is 15.5. The van der Waals surface area contributed by atoms with Gasteiger partial charge in [-0.25, -0.2) is 8.42 Å². The van der Waals surface area contributed by atoms with Crippen molar-refractivity contribution in [3.63, 3.8) is 0 Å². The van der Waals surface area contributed by atoms with Crippen LogP contribution < -0.4 is 5.32 Å².